The SMILES string of the molecule is CC(C)CC(N)C(=O)NC(CO)C(=O)NC(CC(N)=O)C(=O)NC(Cc1ccccc1)C(=O)O. The highest BCUT2D eigenvalue weighted by Gasteiger charge is 2.31. The number of carboxylic acid groups (broad SMARTS) is 1. The summed E-state index contributed by atoms with van der Waals surface area (Å²) >= 11 is 0. The number of carbonyl (C=O) groups excluding carboxylic acids is 4. The zero-order valence-corrected chi connectivity index (χ0v) is 19.2. The van der Waals surface area contributed by atoms with Crippen LogP contribution < -0.4 is 27.4 Å². The summed E-state index contributed by atoms with van der Waals surface area (Å²) in [6, 6.07) is 3.30. The molecule has 9 N–H and O–H groups in total. The number of nitrogens with one attached hydrogen (secondary N) is 3. The molecule has 1 aromatic carbocycles. The van der Waals surface area contributed by atoms with Gasteiger partial charge in [-0.05, 0) is 17.9 Å². The first-order valence-electron chi connectivity index (χ1n) is 10.8. The van der Waals surface area contributed by atoms with Gasteiger partial charge in [0.15, 0.2) is 0 Å². The van der Waals surface area contributed by atoms with Crippen LogP contribution in [-0.4, -0.2) is 70.6 Å². The van der Waals surface area contributed by atoms with Crippen LogP contribution >= 0.6 is 0 Å². The molecule has 12 heteroatoms. The topological polar surface area (TPSA) is 214 Å². The first-order valence-corrected chi connectivity index (χ1v) is 10.8. The zero-order valence-electron chi connectivity index (χ0n) is 19.2. The third-order valence-corrected chi connectivity index (χ3v) is 4.81. The number of aliphatic hydroxyl groups is 1. The molecular weight excluding hydrogens is 446 g/mol. The summed E-state index contributed by atoms with van der Waals surface area (Å²) < 4.78 is 0. The fourth-order valence-electron chi connectivity index (χ4n) is 3.09. The van der Waals surface area contributed by atoms with E-state index in [1.807, 2.05) is 13.8 Å². The van der Waals surface area contributed by atoms with E-state index < -0.39 is 66.8 Å². The monoisotopic (exact) mass is 479 g/mol. The second-order valence-corrected chi connectivity index (χ2v) is 8.30. The highest BCUT2D eigenvalue weighted by Crippen LogP contribution is 2.06. The molecule has 4 unspecified atom stereocenters. The predicted octanol–water partition coefficient (Wildman–Crippen LogP) is -1.99. The van der Waals surface area contributed by atoms with Gasteiger partial charge in [0.25, 0.3) is 0 Å². The van der Waals surface area contributed by atoms with Gasteiger partial charge in [0.1, 0.15) is 18.1 Å². The minimum absolute atomic E-state index is 0.0395. The number of primary amides is 1. The standard InChI is InChI=1S/C22H33N5O7/c1-12(2)8-14(23)19(30)27-17(11-28)21(32)25-15(10-18(24)29)20(31)26-16(22(33)34)9-13-6-4-3-5-7-13/h3-7,12,14-17,28H,8-11,23H2,1-2H3,(H2,24,29)(H,25,32)(H,26,31)(H,27,30)(H,33,34). The molecule has 0 bridgehead atoms. The van der Waals surface area contributed by atoms with Crippen molar-refractivity contribution < 1.29 is 34.2 Å². The molecule has 12 nitrogen and oxygen atoms in total. The molecule has 0 saturated heterocycles. The van der Waals surface area contributed by atoms with Crippen LogP contribution in [-0.2, 0) is 30.4 Å². The Morgan fingerprint density at radius 2 is 1.41 bits per heavy atom. The van der Waals surface area contributed by atoms with E-state index in [4.69, 9.17) is 11.5 Å². The average molecular weight is 480 g/mol. The molecule has 4 atom stereocenters. The second kappa shape index (κ2) is 13.9. The number of carbonyl (C=O) groups is 5. The molecule has 4 amide bonds. The van der Waals surface area contributed by atoms with E-state index >= 15 is 0 Å². The molecule has 0 heterocycles. The van der Waals surface area contributed by atoms with E-state index in [9.17, 15) is 34.2 Å². The van der Waals surface area contributed by atoms with Gasteiger partial charge < -0.3 is 37.6 Å². The lowest BCUT2D eigenvalue weighted by Crippen LogP contribution is -2.58. The number of amides is 4. The largest absolute Gasteiger partial charge is 0.480 e. The first kappa shape index (κ1) is 28.5. The third kappa shape index (κ3) is 9.96. The predicted molar refractivity (Wildman–Crippen MR) is 122 cm³/mol. The van der Waals surface area contributed by atoms with Gasteiger partial charge in [0, 0.05) is 6.42 Å². The van der Waals surface area contributed by atoms with Crippen molar-refractivity contribution in [3.05, 3.63) is 35.9 Å². The van der Waals surface area contributed by atoms with Crippen molar-refractivity contribution in [1.82, 2.24) is 16.0 Å². The molecule has 34 heavy (non-hydrogen) atoms. The number of benzene rings is 1. The summed E-state index contributed by atoms with van der Waals surface area (Å²) in [7, 11) is 0. The average Bonchev–Trinajstić information content (AvgIpc) is 2.75. The minimum atomic E-state index is -1.53. The summed E-state index contributed by atoms with van der Waals surface area (Å²) in [5, 5.41) is 25.8. The van der Waals surface area contributed by atoms with Crippen molar-refractivity contribution >= 4 is 29.6 Å². The molecule has 0 aliphatic heterocycles. The zero-order chi connectivity index (χ0) is 25.8. The van der Waals surface area contributed by atoms with Crippen LogP contribution in [0.25, 0.3) is 0 Å². The Morgan fingerprint density at radius 1 is 0.882 bits per heavy atom. The summed E-state index contributed by atoms with van der Waals surface area (Å²) in [6.45, 7) is 2.92. The van der Waals surface area contributed by atoms with Crippen molar-refractivity contribution in [2.24, 2.45) is 17.4 Å². The van der Waals surface area contributed by atoms with Gasteiger partial charge in [0.05, 0.1) is 19.1 Å². The van der Waals surface area contributed by atoms with Crippen LogP contribution in [0.3, 0.4) is 0 Å². The molecule has 0 radical (unpaired) electrons. The minimum Gasteiger partial charge on any atom is -0.480 e. The maximum Gasteiger partial charge on any atom is 0.326 e. The quantitative estimate of drug-likeness (QED) is 0.158. The highest BCUT2D eigenvalue weighted by molar-refractivity contribution is 5.96. The molecule has 0 fully saturated rings. The van der Waals surface area contributed by atoms with Gasteiger partial charge in [-0.15, -0.1) is 0 Å². The number of aliphatic hydroxyl groups excluding tert-OH is 1. The van der Waals surface area contributed by atoms with Crippen molar-refractivity contribution in [2.75, 3.05) is 6.61 Å². The van der Waals surface area contributed by atoms with Crippen LogP contribution in [0, 0.1) is 5.92 Å². The maximum absolute atomic E-state index is 12.7. The van der Waals surface area contributed by atoms with E-state index in [2.05, 4.69) is 16.0 Å². The second-order valence-electron chi connectivity index (χ2n) is 8.30. The Hall–Kier alpha value is -3.51. The summed E-state index contributed by atoms with van der Waals surface area (Å²) in [5.74, 6) is -4.74. The van der Waals surface area contributed by atoms with E-state index in [0.29, 0.717) is 12.0 Å². The van der Waals surface area contributed by atoms with E-state index in [1.165, 1.54) is 0 Å². The molecular formula is C22H33N5O7. The molecule has 0 saturated carbocycles. The third-order valence-electron chi connectivity index (χ3n) is 4.81. The highest BCUT2D eigenvalue weighted by atomic mass is 16.4. The van der Waals surface area contributed by atoms with Crippen molar-refractivity contribution in [3.8, 4) is 0 Å². The first-order chi connectivity index (χ1) is 15.9. The number of rotatable bonds is 14. The van der Waals surface area contributed by atoms with Crippen molar-refractivity contribution in [1.29, 1.82) is 0 Å². The van der Waals surface area contributed by atoms with Gasteiger partial charge in [-0.2, -0.15) is 0 Å². The lowest BCUT2D eigenvalue weighted by molar-refractivity contribution is -0.142. The molecule has 1 aromatic rings. The van der Waals surface area contributed by atoms with E-state index in [0.717, 1.165) is 0 Å². The number of nitrogens with two attached hydrogens (primary N) is 2. The lowest BCUT2D eigenvalue weighted by atomic mass is 10.0. The van der Waals surface area contributed by atoms with Gasteiger partial charge in [0.2, 0.25) is 23.6 Å². The molecule has 0 aliphatic carbocycles. The molecule has 0 aromatic heterocycles. The Balaban J connectivity index is 2.90. The normalized spacial score (nSPS) is 14.4. The van der Waals surface area contributed by atoms with Crippen LogP contribution in [0.5, 0.6) is 0 Å². The Kier molecular flexibility index (Phi) is 11.7. The van der Waals surface area contributed by atoms with Gasteiger partial charge in [-0.3, -0.25) is 19.2 Å². The fourth-order valence-corrected chi connectivity index (χ4v) is 3.09. The Morgan fingerprint density at radius 3 is 1.91 bits per heavy atom. The van der Waals surface area contributed by atoms with E-state index in [-0.39, 0.29) is 12.3 Å². The summed E-state index contributed by atoms with van der Waals surface area (Å²) in [6.07, 6.45) is -0.327. The number of hydrogen-bond donors (Lipinski definition) is 7. The number of hydrogen-bond acceptors (Lipinski definition) is 7. The lowest BCUT2D eigenvalue weighted by Gasteiger charge is -2.24. The van der Waals surface area contributed by atoms with Crippen LogP contribution in [0.15, 0.2) is 30.3 Å². The van der Waals surface area contributed by atoms with Gasteiger partial charge >= 0.3 is 5.97 Å². The van der Waals surface area contributed by atoms with E-state index in [1.54, 1.807) is 30.3 Å². The summed E-state index contributed by atoms with van der Waals surface area (Å²) in [4.78, 5) is 60.6. The fraction of sp³-hybridized carbons (Fsp3) is 0.500. The van der Waals surface area contributed by atoms with Crippen LogP contribution in [0.2, 0.25) is 0 Å². The molecule has 0 aliphatic rings. The smallest absolute Gasteiger partial charge is 0.326 e. The van der Waals surface area contributed by atoms with Crippen molar-refractivity contribution in [3.63, 3.8) is 0 Å². The maximum atomic E-state index is 12.7. The summed E-state index contributed by atoms with van der Waals surface area (Å²) in [5.41, 5.74) is 11.6. The molecule has 188 valence electrons. The molecule has 0 spiro atoms. The van der Waals surface area contributed by atoms with Crippen molar-refractivity contribution in [2.45, 2.75) is 57.3 Å². The van der Waals surface area contributed by atoms with Crippen LogP contribution in [0.4, 0.5) is 0 Å². The molecule has 1 rings (SSSR count). The van der Waals surface area contributed by atoms with Crippen LogP contribution in [0.1, 0.15) is 32.3 Å². The number of aliphatic carboxylic acids is 1. The Labute approximate surface area is 197 Å². The Bertz CT molecular complexity index is 862. The van der Waals surface area contributed by atoms with Gasteiger partial charge in [-0.25, -0.2) is 4.79 Å². The van der Waals surface area contributed by atoms with Gasteiger partial charge in [-0.1, -0.05) is 44.2 Å². The number of carboxylic acids is 1.